The Morgan fingerprint density at radius 2 is 2.22 bits per heavy atom. The molecule has 2 rings (SSSR count). The number of nitrogens with zero attached hydrogens (tertiary/aromatic N) is 3. The van der Waals surface area contributed by atoms with Crippen molar-refractivity contribution < 1.29 is 18.3 Å². The lowest BCUT2D eigenvalue weighted by Gasteiger charge is -2.14. The van der Waals surface area contributed by atoms with E-state index >= 15 is 0 Å². The molecule has 0 aliphatic heterocycles. The van der Waals surface area contributed by atoms with Gasteiger partial charge in [-0.05, 0) is 29.8 Å². The van der Waals surface area contributed by atoms with Gasteiger partial charge in [0.05, 0.1) is 9.92 Å². The van der Waals surface area contributed by atoms with Crippen LogP contribution in [0, 0.1) is 0 Å². The van der Waals surface area contributed by atoms with Crippen molar-refractivity contribution >= 4 is 27.6 Å². The van der Waals surface area contributed by atoms with E-state index in [2.05, 4.69) is 25.3 Å². The highest BCUT2D eigenvalue weighted by Crippen LogP contribution is 2.27. The second kappa shape index (κ2) is 7.02. The van der Waals surface area contributed by atoms with Gasteiger partial charge in [-0.2, -0.15) is 9.94 Å². The lowest BCUT2D eigenvalue weighted by molar-refractivity contribution is -0.139. The van der Waals surface area contributed by atoms with Crippen LogP contribution in [0.25, 0.3) is 11.4 Å². The maximum absolute atomic E-state index is 12.4. The zero-order valence-corrected chi connectivity index (χ0v) is 13.6. The minimum atomic E-state index is -4.03. The standard InChI is InChI=1S/C12H14ClN5O4S/c1-2-3-10(12(19)20)16-23(21,22)7-4-5-9(13)8(6-7)11-14-17-18-15-11/h4-6,10,16H,2-3H2,1H3,(H,19,20)(H,14,15,17,18). The number of sulfonamides is 1. The molecule has 1 aromatic carbocycles. The SMILES string of the molecule is CCCC(NS(=O)(=O)c1ccc(Cl)c(-c2nn[nH]n2)c1)C(=O)O. The van der Waals surface area contributed by atoms with Crippen LogP contribution in [0.2, 0.25) is 5.02 Å². The van der Waals surface area contributed by atoms with E-state index in [1.807, 2.05) is 0 Å². The van der Waals surface area contributed by atoms with Gasteiger partial charge >= 0.3 is 5.97 Å². The molecule has 1 unspecified atom stereocenters. The molecule has 0 amide bonds. The van der Waals surface area contributed by atoms with E-state index in [1.54, 1.807) is 6.92 Å². The molecule has 0 saturated heterocycles. The molecule has 1 heterocycles. The highest BCUT2D eigenvalue weighted by molar-refractivity contribution is 7.89. The molecule has 0 bridgehead atoms. The molecular formula is C12H14ClN5O4S. The lowest BCUT2D eigenvalue weighted by Crippen LogP contribution is -2.40. The molecule has 1 atom stereocenters. The number of aromatic amines is 1. The van der Waals surface area contributed by atoms with Crippen molar-refractivity contribution in [1.29, 1.82) is 0 Å². The summed E-state index contributed by atoms with van der Waals surface area (Å²) in [5.41, 5.74) is 0.269. The molecule has 124 valence electrons. The van der Waals surface area contributed by atoms with E-state index in [0.29, 0.717) is 6.42 Å². The lowest BCUT2D eigenvalue weighted by atomic mass is 10.2. The van der Waals surface area contributed by atoms with E-state index in [0.717, 1.165) is 0 Å². The third-order valence-corrected chi connectivity index (χ3v) is 4.81. The van der Waals surface area contributed by atoms with E-state index in [1.165, 1.54) is 18.2 Å². The van der Waals surface area contributed by atoms with Crippen LogP contribution >= 0.6 is 11.6 Å². The monoisotopic (exact) mass is 359 g/mol. The molecule has 2 aromatic rings. The summed E-state index contributed by atoms with van der Waals surface area (Å²) in [5, 5.41) is 22.5. The second-order valence-electron chi connectivity index (χ2n) is 4.68. The van der Waals surface area contributed by atoms with Crippen LogP contribution in [0.15, 0.2) is 23.1 Å². The van der Waals surface area contributed by atoms with Crippen LogP contribution in [0.5, 0.6) is 0 Å². The van der Waals surface area contributed by atoms with Crippen molar-refractivity contribution in [2.24, 2.45) is 0 Å². The smallest absolute Gasteiger partial charge is 0.321 e. The number of aromatic nitrogens is 4. The number of nitrogens with one attached hydrogen (secondary N) is 2. The number of aliphatic carboxylic acids is 1. The Bertz CT molecular complexity index is 794. The number of carboxylic acid groups (broad SMARTS) is 1. The summed E-state index contributed by atoms with van der Waals surface area (Å²) in [7, 11) is -4.03. The highest BCUT2D eigenvalue weighted by Gasteiger charge is 2.25. The van der Waals surface area contributed by atoms with E-state index < -0.39 is 22.0 Å². The largest absolute Gasteiger partial charge is 0.480 e. The fourth-order valence-corrected chi connectivity index (χ4v) is 3.35. The minimum Gasteiger partial charge on any atom is -0.480 e. The van der Waals surface area contributed by atoms with Gasteiger partial charge in [-0.3, -0.25) is 4.79 Å². The van der Waals surface area contributed by atoms with Crippen LogP contribution < -0.4 is 4.72 Å². The van der Waals surface area contributed by atoms with Gasteiger partial charge in [0.15, 0.2) is 0 Å². The Morgan fingerprint density at radius 3 is 2.78 bits per heavy atom. The fourth-order valence-electron chi connectivity index (χ4n) is 1.90. The number of H-pyrrole nitrogens is 1. The van der Waals surface area contributed by atoms with Crippen molar-refractivity contribution in [1.82, 2.24) is 25.3 Å². The molecule has 0 aliphatic rings. The normalized spacial score (nSPS) is 13.0. The number of carbonyl (C=O) groups is 1. The van der Waals surface area contributed by atoms with E-state index in [-0.39, 0.29) is 27.7 Å². The third kappa shape index (κ3) is 4.03. The number of hydrogen-bond acceptors (Lipinski definition) is 6. The summed E-state index contributed by atoms with van der Waals surface area (Å²) in [5.74, 6) is -1.10. The van der Waals surface area contributed by atoms with Gasteiger partial charge in [0, 0.05) is 5.56 Å². The number of benzene rings is 1. The first-order valence-electron chi connectivity index (χ1n) is 6.63. The zero-order valence-electron chi connectivity index (χ0n) is 12.0. The Kier molecular flexibility index (Phi) is 5.29. The molecule has 0 radical (unpaired) electrons. The van der Waals surface area contributed by atoms with Crippen molar-refractivity contribution in [3.05, 3.63) is 23.2 Å². The second-order valence-corrected chi connectivity index (χ2v) is 6.80. The number of tetrazole rings is 1. The molecule has 9 nitrogen and oxygen atoms in total. The molecule has 0 spiro atoms. The van der Waals surface area contributed by atoms with Crippen LogP contribution in [0.4, 0.5) is 0 Å². The molecule has 3 N–H and O–H groups in total. The van der Waals surface area contributed by atoms with E-state index in [4.69, 9.17) is 16.7 Å². The van der Waals surface area contributed by atoms with Crippen LogP contribution in [0.3, 0.4) is 0 Å². The fraction of sp³-hybridized carbons (Fsp3) is 0.333. The average Bonchev–Trinajstić information content (AvgIpc) is 3.00. The van der Waals surface area contributed by atoms with Crippen molar-refractivity contribution in [2.45, 2.75) is 30.7 Å². The maximum Gasteiger partial charge on any atom is 0.321 e. The van der Waals surface area contributed by atoms with Gasteiger partial charge in [0.1, 0.15) is 6.04 Å². The number of carboxylic acids is 1. The molecule has 1 aromatic heterocycles. The summed E-state index contributed by atoms with van der Waals surface area (Å²) in [6.07, 6.45) is 0.702. The summed E-state index contributed by atoms with van der Waals surface area (Å²) >= 11 is 6.01. The van der Waals surface area contributed by atoms with Crippen molar-refractivity contribution in [3.63, 3.8) is 0 Å². The summed E-state index contributed by atoms with van der Waals surface area (Å²) in [6, 6.07) is 2.71. The Hall–Kier alpha value is -2.04. The highest BCUT2D eigenvalue weighted by atomic mass is 35.5. The van der Waals surface area contributed by atoms with Crippen LogP contribution in [-0.4, -0.2) is 46.2 Å². The summed E-state index contributed by atoms with van der Waals surface area (Å²) in [6.45, 7) is 1.76. The third-order valence-electron chi connectivity index (χ3n) is 3.01. The molecule has 11 heteroatoms. The van der Waals surface area contributed by atoms with Gasteiger partial charge in [-0.25, -0.2) is 8.42 Å². The Labute approximate surface area is 137 Å². The summed E-state index contributed by atoms with van der Waals surface area (Å²) < 4.78 is 26.9. The molecule has 0 aliphatic carbocycles. The number of hydrogen-bond donors (Lipinski definition) is 3. The first kappa shape index (κ1) is 17.3. The van der Waals surface area contributed by atoms with Gasteiger partial charge in [-0.15, -0.1) is 10.2 Å². The van der Waals surface area contributed by atoms with Gasteiger partial charge in [0.2, 0.25) is 15.8 Å². The van der Waals surface area contributed by atoms with Crippen LogP contribution in [0.1, 0.15) is 19.8 Å². The predicted octanol–water partition coefficient (Wildman–Crippen LogP) is 1.05. The number of rotatable bonds is 7. The molecule has 0 fully saturated rings. The molecular weight excluding hydrogens is 346 g/mol. The average molecular weight is 360 g/mol. The predicted molar refractivity (Wildman–Crippen MR) is 81.3 cm³/mol. The topological polar surface area (TPSA) is 138 Å². The van der Waals surface area contributed by atoms with E-state index in [9.17, 15) is 13.2 Å². The van der Waals surface area contributed by atoms with Crippen molar-refractivity contribution in [3.8, 4) is 11.4 Å². The zero-order chi connectivity index (χ0) is 17.0. The Morgan fingerprint density at radius 1 is 1.48 bits per heavy atom. The van der Waals surface area contributed by atoms with Crippen molar-refractivity contribution in [2.75, 3.05) is 0 Å². The van der Waals surface area contributed by atoms with Gasteiger partial charge < -0.3 is 5.11 Å². The Balaban J connectivity index is 2.37. The van der Waals surface area contributed by atoms with Gasteiger partial charge in [-0.1, -0.05) is 24.9 Å². The first-order chi connectivity index (χ1) is 10.8. The first-order valence-corrected chi connectivity index (χ1v) is 8.49. The quantitative estimate of drug-likeness (QED) is 0.671. The minimum absolute atomic E-state index is 0.135. The molecule has 0 saturated carbocycles. The molecule has 23 heavy (non-hydrogen) atoms. The van der Waals surface area contributed by atoms with Crippen LogP contribution in [-0.2, 0) is 14.8 Å². The van der Waals surface area contributed by atoms with Gasteiger partial charge in [0.25, 0.3) is 0 Å². The summed E-state index contributed by atoms with van der Waals surface area (Å²) in [4.78, 5) is 11.0. The maximum atomic E-state index is 12.4. The number of halogens is 1.